The summed E-state index contributed by atoms with van der Waals surface area (Å²) in [5.41, 5.74) is 2.71. The van der Waals surface area contributed by atoms with Gasteiger partial charge in [-0.05, 0) is 57.2 Å². The van der Waals surface area contributed by atoms with E-state index in [0.717, 1.165) is 27.2 Å². The molecule has 1 N–H and O–H groups in total. The number of carbonyl (C=O) groups excluding carboxylic acids is 1. The number of carbonyl (C=O) groups is 2. The maximum absolute atomic E-state index is 12.8. The van der Waals surface area contributed by atoms with E-state index in [1.807, 2.05) is 36.4 Å². The van der Waals surface area contributed by atoms with Gasteiger partial charge in [0.1, 0.15) is 12.4 Å². The maximum atomic E-state index is 12.8. The lowest BCUT2D eigenvalue weighted by Gasteiger charge is -2.32. The van der Waals surface area contributed by atoms with E-state index in [-0.39, 0.29) is 18.3 Å². The molecule has 1 amide bonds. The molecule has 0 fully saturated rings. The Morgan fingerprint density at radius 2 is 1.63 bits per heavy atom. The molecule has 0 aliphatic heterocycles. The lowest BCUT2D eigenvalue weighted by Crippen LogP contribution is -2.50. The van der Waals surface area contributed by atoms with Crippen LogP contribution in [0.5, 0.6) is 0 Å². The number of nitrogens with zero attached hydrogens (tertiary/aromatic N) is 1. The molecule has 4 rings (SSSR count). The predicted octanol–water partition coefficient (Wildman–Crippen LogP) is 5.22. The van der Waals surface area contributed by atoms with Crippen LogP contribution in [0.3, 0.4) is 0 Å². The molecule has 6 nitrogen and oxygen atoms in total. The number of aliphatic carboxylic acids is 1. The summed E-state index contributed by atoms with van der Waals surface area (Å²) >= 11 is 3.17. The summed E-state index contributed by atoms with van der Waals surface area (Å²) in [5, 5.41) is 9.83. The summed E-state index contributed by atoms with van der Waals surface area (Å²) in [6.45, 7) is 1.51. The predicted molar refractivity (Wildman–Crippen MR) is 114 cm³/mol. The highest BCUT2D eigenvalue weighted by atomic mass is 79.9. The van der Waals surface area contributed by atoms with Crippen molar-refractivity contribution < 1.29 is 23.8 Å². The molecule has 1 aromatic heterocycles. The third kappa shape index (κ3) is 3.19. The molecule has 3 aromatic rings. The van der Waals surface area contributed by atoms with E-state index in [1.54, 1.807) is 6.07 Å². The van der Waals surface area contributed by atoms with Crippen molar-refractivity contribution in [1.29, 1.82) is 0 Å². The van der Waals surface area contributed by atoms with Crippen molar-refractivity contribution in [2.45, 2.75) is 18.4 Å². The molecule has 1 aliphatic carbocycles. The summed E-state index contributed by atoms with van der Waals surface area (Å²) < 4.78 is 11.4. The average molecular weight is 470 g/mol. The minimum absolute atomic E-state index is 0.106. The second-order valence-corrected chi connectivity index (χ2v) is 8.13. The van der Waals surface area contributed by atoms with E-state index in [2.05, 4.69) is 28.1 Å². The number of hydrogen-bond acceptors (Lipinski definition) is 4. The molecule has 1 atom stereocenters. The fourth-order valence-corrected chi connectivity index (χ4v) is 4.17. The standard InChI is InChI=1S/C23H20BrNO5/c1-23(21(26)27,19-11-12-20(24)30-19)25(2)22(28)29-13-18-16-9-5-3-7-14(16)15-8-4-6-10-17(15)18/h3-12,18H,13H2,1-2H3,(H,26,27). The maximum Gasteiger partial charge on any atom is 0.410 e. The van der Waals surface area contributed by atoms with Crippen LogP contribution in [0.4, 0.5) is 4.79 Å². The van der Waals surface area contributed by atoms with Gasteiger partial charge in [0, 0.05) is 13.0 Å². The van der Waals surface area contributed by atoms with Crippen molar-refractivity contribution in [2.75, 3.05) is 13.7 Å². The number of carboxylic acids is 1. The Balaban J connectivity index is 1.57. The van der Waals surface area contributed by atoms with E-state index >= 15 is 0 Å². The topological polar surface area (TPSA) is 80.0 Å². The first-order valence-electron chi connectivity index (χ1n) is 9.42. The van der Waals surface area contributed by atoms with E-state index in [9.17, 15) is 14.7 Å². The number of furan rings is 1. The Hall–Kier alpha value is -3.06. The Morgan fingerprint density at radius 3 is 2.13 bits per heavy atom. The first kappa shape index (κ1) is 20.2. The fraction of sp³-hybridized carbons (Fsp3) is 0.217. The first-order valence-corrected chi connectivity index (χ1v) is 10.2. The van der Waals surface area contributed by atoms with E-state index in [4.69, 9.17) is 9.15 Å². The summed E-state index contributed by atoms with van der Waals surface area (Å²) in [5.74, 6) is -1.21. The van der Waals surface area contributed by atoms with Crippen LogP contribution in [0.1, 0.15) is 29.7 Å². The number of benzene rings is 2. The molecule has 7 heteroatoms. The number of fused-ring (bicyclic) bond motifs is 3. The van der Waals surface area contributed by atoms with Crippen LogP contribution < -0.4 is 0 Å². The van der Waals surface area contributed by atoms with Crippen LogP contribution >= 0.6 is 15.9 Å². The van der Waals surface area contributed by atoms with Crippen molar-refractivity contribution >= 4 is 28.0 Å². The summed E-state index contributed by atoms with van der Waals surface area (Å²) in [6.07, 6.45) is -0.741. The molecule has 0 spiro atoms. The minimum atomic E-state index is -1.71. The van der Waals surface area contributed by atoms with Crippen LogP contribution in [0.15, 0.2) is 69.8 Å². The number of ether oxygens (including phenoxy) is 1. The van der Waals surface area contributed by atoms with Crippen molar-refractivity contribution in [3.8, 4) is 11.1 Å². The molecule has 154 valence electrons. The second kappa shape index (κ2) is 7.65. The van der Waals surface area contributed by atoms with Crippen LogP contribution in [0.25, 0.3) is 11.1 Å². The zero-order chi connectivity index (χ0) is 21.5. The van der Waals surface area contributed by atoms with Gasteiger partial charge in [-0.25, -0.2) is 9.59 Å². The molecule has 0 bridgehead atoms. The number of carboxylic acid groups (broad SMARTS) is 1. The Kier molecular flexibility index (Phi) is 5.15. The van der Waals surface area contributed by atoms with Gasteiger partial charge in [0.15, 0.2) is 10.2 Å². The molecule has 2 aromatic carbocycles. The lowest BCUT2D eigenvalue weighted by atomic mass is 9.97. The molecule has 1 heterocycles. The van der Waals surface area contributed by atoms with Crippen molar-refractivity contribution in [3.63, 3.8) is 0 Å². The minimum Gasteiger partial charge on any atom is -0.479 e. The van der Waals surface area contributed by atoms with Crippen LogP contribution in [0.2, 0.25) is 0 Å². The summed E-state index contributed by atoms with van der Waals surface area (Å²) in [7, 11) is 1.39. The van der Waals surface area contributed by atoms with E-state index < -0.39 is 17.6 Å². The first-order chi connectivity index (χ1) is 14.3. The number of likely N-dealkylation sites (N-methyl/N-ethyl adjacent to an activating group) is 1. The highest BCUT2D eigenvalue weighted by molar-refractivity contribution is 9.10. The number of halogens is 1. The van der Waals surface area contributed by atoms with E-state index in [1.165, 1.54) is 20.0 Å². The Labute approximate surface area is 182 Å². The van der Waals surface area contributed by atoms with Gasteiger partial charge in [0.25, 0.3) is 0 Å². The molecular formula is C23H20BrNO5. The zero-order valence-electron chi connectivity index (χ0n) is 16.5. The van der Waals surface area contributed by atoms with Gasteiger partial charge in [0.05, 0.1) is 0 Å². The van der Waals surface area contributed by atoms with Crippen molar-refractivity contribution in [1.82, 2.24) is 4.90 Å². The molecular weight excluding hydrogens is 450 g/mol. The summed E-state index contributed by atoms with van der Waals surface area (Å²) in [4.78, 5) is 25.9. The number of hydrogen-bond donors (Lipinski definition) is 1. The summed E-state index contributed by atoms with van der Waals surface area (Å²) in [6, 6.07) is 19.2. The third-order valence-corrected chi connectivity index (χ3v) is 6.18. The van der Waals surface area contributed by atoms with Crippen LogP contribution in [-0.2, 0) is 15.1 Å². The molecule has 1 aliphatic rings. The van der Waals surface area contributed by atoms with Crippen molar-refractivity contribution in [2.24, 2.45) is 0 Å². The molecule has 0 saturated heterocycles. The zero-order valence-corrected chi connectivity index (χ0v) is 18.0. The van der Waals surface area contributed by atoms with E-state index in [0.29, 0.717) is 4.67 Å². The number of amides is 1. The van der Waals surface area contributed by atoms with Gasteiger partial charge < -0.3 is 14.3 Å². The van der Waals surface area contributed by atoms with Gasteiger partial charge in [-0.2, -0.15) is 0 Å². The van der Waals surface area contributed by atoms with Gasteiger partial charge in [-0.15, -0.1) is 0 Å². The van der Waals surface area contributed by atoms with Gasteiger partial charge >= 0.3 is 12.1 Å². The van der Waals surface area contributed by atoms with Crippen LogP contribution in [-0.4, -0.2) is 35.7 Å². The smallest absolute Gasteiger partial charge is 0.410 e. The molecule has 30 heavy (non-hydrogen) atoms. The van der Waals surface area contributed by atoms with Crippen molar-refractivity contribution in [3.05, 3.63) is 82.2 Å². The largest absolute Gasteiger partial charge is 0.479 e. The highest BCUT2D eigenvalue weighted by Crippen LogP contribution is 2.44. The fourth-order valence-electron chi connectivity index (χ4n) is 3.86. The SMILES string of the molecule is CN(C(=O)OCC1c2ccccc2-c2ccccc21)C(C)(C(=O)O)c1ccc(Br)o1. The molecule has 0 radical (unpaired) electrons. The molecule has 0 saturated carbocycles. The van der Waals surface area contributed by atoms with Gasteiger partial charge in [-0.3, -0.25) is 4.90 Å². The Bertz CT molecular complexity index is 1080. The third-order valence-electron chi connectivity index (χ3n) is 5.75. The number of rotatable bonds is 5. The monoisotopic (exact) mass is 469 g/mol. The molecule has 1 unspecified atom stereocenters. The second-order valence-electron chi connectivity index (χ2n) is 7.34. The van der Waals surface area contributed by atoms with Gasteiger partial charge in [0.2, 0.25) is 0 Å². The van der Waals surface area contributed by atoms with Crippen LogP contribution in [0, 0.1) is 0 Å². The lowest BCUT2D eigenvalue weighted by molar-refractivity contribution is -0.150. The normalized spacial score (nSPS) is 14.5. The highest BCUT2D eigenvalue weighted by Gasteiger charge is 2.46. The quantitative estimate of drug-likeness (QED) is 0.553. The Morgan fingerprint density at radius 1 is 1.07 bits per heavy atom. The van der Waals surface area contributed by atoms with Gasteiger partial charge in [-0.1, -0.05) is 48.5 Å². The average Bonchev–Trinajstić information content (AvgIpc) is 3.32.